The third-order valence-electron chi connectivity index (χ3n) is 2.91. The number of benzene rings is 1. The molecule has 0 spiro atoms. The van der Waals surface area contributed by atoms with Crippen LogP contribution in [0, 0.1) is 0 Å². The number of aromatic nitrogens is 2. The predicted octanol–water partition coefficient (Wildman–Crippen LogP) is 1.59. The van der Waals surface area contributed by atoms with Crippen molar-refractivity contribution in [3.05, 3.63) is 46.5 Å². The minimum atomic E-state index is -0.551. The van der Waals surface area contributed by atoms with Crippen molar-refractivity contribution in [2.75, 3.05) is 13.7 Å². The molecular formula is C15H17N3O3. The number of rotatable bonds is 5. The Morgan fingerprint density at radius 3 is 2.67 bits per heavy atom. The molecule has 0 saturated carbocycles. The smallest absolute Gasteiger partial charge is 0.346 e. The van der Waals surface area contributed by atoms with Crippen LogP contribution in [0.25, 0.3) is 11.3 Å². The molecule has 2 aromatic rings. The molecule has 2 N–H and O–H groups in total. The Labute approximate surface area is 122 Å². The first-order chi connectivity index (χ1) is 10.1. The summed E-state index contributed by atoms with van der Waals surface area (Å²) in [7, 11) is 1.58. The first-order valence-electron chi connectivity index (χ1n) is 6.68. The van der Waals surface area contributed by atoms with Crippen LogP contribution in [0.2, 0.25) is 0 Å². The van der Waals surface area contributed by atoms with Crippen molar-refractivity contribution >= 4 is 5.91 Å². The first-order valence-corrected chi connectivity index (χ1v) is 6.68. The zero-order chi connectivity index (χ0) is 15.2. The van der Waals surface area contributed by atoms with Crippen LogP contribution in [0.15, 0.2) is 35.1 Å². The molecule has 21 heavy (non-hydrogen) atoms. The standard InChI is InChI=1S/C15H17N3O3/c1-3-8-16-14(19)13-9-12(17-15(20)18-13)10-4-6-11(21-2)7-5-10/h4-7,9H,3,8H2,1-2H3,(H,16,19)(H,17,18,20). The lowest BCUT2D eigenvalue weighted by Gasteiger charge is -2.06. The van der Waals surface area contributed by atoms with Gasteiger partial charge in [0.15, 0.2) is 0 Å². The summed E-state index contributed by atoms with van der Waals surface area (Å²) in [6.07, 6.45) is 0.826. The Hall–Kier alpha value is -2.63. The van der Waals surface area contributed by atoms with E-state index in [0.717, 1.165) is 12.0 Å². The van der Waals surface area contributed by atoms with Gasteiger partial charge in [-0.3, -0.25) is 4.79 Å². The number of amides is 1. The van der Waals surface area contributed by atoms with E-state index in [1.807, 2.05) is 6.92 Å². The average molecular weight is 287 g/mol. The van der Waals surface area contributed by atoms with Crippen LogP contribution in [-0.2, 0) is 0 Å². The lowest BCUT2D eigenvalue weighted by molar-refractivity contribution is 0.0948. The Morgan fingerprint density at radius 1 is 1.33 bits per heavy atom. The highest BCUT2D eigenvalue weighted by atomic mass is 16.5. The quantitative estimate of drug-likeness (QED) is 0.874. The van der Waals surface area contributed by atoms with Crippen LogP contribution in [-0.4, -0.2) is 29.5 Å². The molecule has 0 bridgehead atoms. The second kappa shape index (κ2) is 6.69. The number of methoxy groups -OCH3 is 1. The summed E-state index contributed by atoms with van der Waals surface area (Å²) < 4.78 is 5.08. The van der Waals surface area contributed by atoms with Crippen LogP contribution in [0.4, 0.5) is 0 Å². The van der Waals surface area contributed by atoms with Crippen LogP contribution >= 0.6 is 0 Å². The largest absolute Gasteiger partial charge is 0.497 e. The molecule has 0 saturated heterocycles. The molecule has 0 aliphatic carbocycles. The van der Waals surface area contributed by atoms with Gasteiger partial charge in [0.1, 0.15) is 11.4 Å². The molecule has 0 aliphatic rings. The number of nitrogens with one attached hydrogen (secondary N) is 2. The molecule has 0 atom stereocenters. The van der Waals surface area contributed by atoms with Crippen LogP contribution in [0.3, 0.4) is 0 Å². The van der Waals surface area contributed by atoms with Gasteiger partial charge in [0, 0.05) is 12.1 Å². The Morgan fingerprint density at radius 2 is 2.05 bits per heavy atom. The highest BCUT2D eigenvalue weighted by molar-refractivity contribution is 5.93. The van der Waals surface area contributed by atoms with Crippen molar-refractivity contribution in [3.63, 3.8) is 0 Å². The minimum Gasteiger partial charge on any atom is -0.497 e. The number of hydrogen-bond donors (Lipinski definition) is 2. The van der Waals surface area contributed by atoms with Crippen LogP contribution < -0.4 is 15.7 Å². The van der Waals surface area contributed by atoms with Crippen molar-refractivity contribution in [2.24, 2.45) is 0 Å². The molecule has 2 rings (SSSR count). The number of nitrogens with zero attached hydrogens (tertiary/aromatic N) is 1. The average Bonchev–Trinajstić information content (AvgIpc) is 2.52. The number of hydrogen-bond acceptors (Lipinski definition) is 4. The first kappa shape index (κ1) is 14.8. The van der Waals surface area contributed by atoms with Gasteiger partial charge in [-0.15, -0.1) is 0 Å². The van der Waals surface area contributed by atoms with Crippen molar-refractivity contribution in [2.45, 2.75) is 13.3 Å². The lowest BCUT2D eigenvalue weighted by atomic mass is 10.1. The summed E-state index contributed by atoms with van der Waals surface area (Å²) in [4.78, 5) is 29.9. The maximum atomic E-state index is 11.9. The fourth-order valence-corrected chi connectivity index (χ4v) is 1.82. The summed E-state index contributed by atoms with van der Waals surface area (Å²) in [5, 5.41) is 2.72. The van der Waals surface area contributed by atoms with Gasteiger partial charge in [0.05, 0.1) is 12.8 Å². The molecule has 1 heterocycles. The molecule has 6 heteroatoms. The number of carbonyl (C=O) groups is 1. The molecule has 6 nitrogen and oxygen atoms in total. The summed E-state index contributed by atoms with van der Waals surface area (Å²) in [6.45, 7) is 2.51. The minimum absolute atomic E-state index is 0.203. The highest BCUT2D eigenvalue weighted by Crippen LogP contribution is 2.19. The van der Waals surface area contributed by atoms with E-state index in [9.17, 15) is 9.59 Å². The Bertz CT molecular complexity index is 677. The molecular weight excluding hydrogens is 270 g/mol. The lowest BCUT2D eigenvalue weighted by Crippen LogP contribution is -2.27. The SMILES string of the molecule is CCCNC(=O)c1cc(-c2ccc(OC)cc2)nc(=O)[nH]1. The van der Waals surface area contributed by atoms with Gasteiger partial charge in [-0.1, -0.05) is 6.92 Å². The maximum Gasteiger partial charge on any atom is 0.346 e. The number of H-pyrrole nitrogens is 1. The summed E-state index contributed by atoms with van der Waals surface area (Å²) in [5.41, 5.74) is 0.841. The molecule has 110 valence electrons. The van der Waals surface area contributed by atoms with E-state index in [1.165, 1.54) is 0 Å². The van der Waals surface area contributed by atoms with Crippen molar-refractivity contribution in [3.8, 4) is 17.0 Å². The molecule has 1 amide bonds. The zero-order valence-electron chi connectivity index (χ0n) is 12.0. The van der Waals surface area contributed by atoms with Crippen molar-refractivity contribution < 1.29 is 9.53 Å². The number of carbonyl (C=O) groups excluding carboxylic acids is 1. The van der Waals surface area contributed by atoms with E-state index < -0.39 is 5.69 Å². The fourth-order valence-electron chi connectivity index (χ4n) is 1.82. The monoisotopic (exact) mass is 287 g/mol. The fraction of sp³-hybridized carbons (Fsp3) is 0.267. The second-order valence-corrected chi connectivity index (χ2v) is 4.47. The second-order valence-electron chi connectivity index (χ2n) is 4.47. The summed E-state index contributed by atoms with van der Waals surface area (Å²) in [5.74, 6) is 0.399. The molecule has 1 aromatic heterocycles. The van der Waals surface area contributed by atoms with E-state index in [-0.39, 0.29) is 11.6 Å². The van der Waals surface area contributed by atoms with Gasteiger partial charge in [-0.05, 0) is 36.8 Å². The van der Waals surface area contributed by atoms with Gasteiger partial charge >= 0.3 is 5.69 Å². The molecule has 0 radical (unpaired) electrons. The Balaban J connectivity index is 2.33. The molecule has 0 unspecified atom stereocenters. The van der Waals surface area contributed by atoms with Gasteiger partial charge in [0.25, 0.3) is 5.91 Å². The van der Waals surface area contributed by atoms with E-state index in [2.05, 4.69) is 15.3 Å². The van der Waals surface area contributed by atoms with E-state index >= 15 is 0 Å². The van der Waals surface area contributed by atoms with E-state index in [1.54, 1.807) is 37.4 Å². The highest BCUT2D eigenvalue weighted by Gasteiger charge is 2.10. The van der Waals surface area contributed by atoms with Crippen molar-refractivity contribution in [1.82, 2.24) is 15.3 Å². The van der Waals surface area contributed by atoms with Crippen LogP contribution in [0.1, 0.15) is 23.8 Å². The number of aromatic amines is 1. The topological polar surface area (TPSA) is 84.1 Å². The van der Waals surface area contributed by atoms with E-state index in [0.29, 0.717) is 18.0 Å². The molecule has 0 aliphatic heterocycles. The van der Waals surface area contributed by atoms with Gasteiger partial charge < -0.3 is 15.0 Å². The van der Waals surface area contributed by atoms with Gasteiger partial charge in [0.2, 0.25) is 0 Å². The van der Waals surface area contributed by atoms with Crippen LogP contribution in [0.5, 0.6) is 5.75 Å². The number of ether oxygens (including phenoxy) is 1. The summed E-state index contributed by atoms with van der Waals surface area (Å²) >= 11 is 0. The maximum absolute atomic E-state index is 11.9. The molecule has 1 aromatic carbocycles. The molecule has 0 fully saturated rings. The van der Waals surface area contributed by atoms with Gasteiger partial charge in [-0.2, -0.15) is 4.98 Å². The summed E-state index contributed by atoms with van der Waals surface area (Å²) in [6, 6.07) is 8.68. The van der Waals surface area contributed by atoms with Gasteiger partial charge in [-0.25, -0.2) is 4.79 Å². The predicted molar refractivity (Wildman–Crippen MR) is 79.5 cm³/mol. The van der Waals surface area contributed by atoms with Crippen molar-refractivity contribution in [1.29, 1.82) is 0 Å². The normalized spacial score (nSPS) is 10.2. The van der Waals surface area contributed by atoms with E-state index in [4.69, 9.17) is 4.74 Å². The zero-order valence-corrected chi connectivity index (χ0v) is 12.0. The third-order valence-corrected chi connectivity index (χ3v) is 2.91. The third kappa shape index (κ3) is 3.68. The Kier molecular flexibility index (Phi) is 4.71.